The van der Waals surface area contributed by atoms with E-state index in [0.717, 1.165) is 22.6 Å². The quantitative estimate of drug-likeness (QED) is 0.548. The number of fused-ring (bicyclic) bond motifs is 1. The number of piperazine rings is 1. The molecule has 3 aromatic rings. The van der Waals surface area contributed by atoms with Gasteiger partial charge in [-0.25, -0.2) is 17.6 Å². The zero-order chi connectivity index (χ0) is 22.3. The largest absolute Gasteiger partial charge is 0.465 e. The van der Waals surface area contributed by atoms with Gasteiger partial charge in [-0.05, 0) is 43.7 Å². The van der Waals surface area contributed by atoms with E-state index in [0.29, 0.717) is 11.2 Å². The summed E-state index contributed by atoms with van der Waals surface area (Å²) in [5.74, 6) is -1.46. The first kappa shape index (κ1) is 21.7. The third-order valence-corrected chi connectivity index (χ3v) is 8.71. The topological polar surface area (TPSA) is 66.9 Å². The Morgan fingerprint density at radius 1 is 1.19 bits per heavy atom. The lowest BCUT2D eigenvalue weighted by atomic mass is 10.1. The summed E-state index contributed by atoms with van der Waals surface area (Å²) in [5, 5.41) is -0.0540. The first-order valence-corrected chi connectivity index (χ1v) is 12.1. The van der Waals surface area contributed by atoms with Crippen LogP contribution in [0.4, 0.5) is 10.1 Å². The molecular weight excluding hydrogens is 439 g/mol. The molecule has 164 valence electrons. The van der Waals surface area contributed by atoms with Crippen LogP contribution in [0.15, 0.2) is 47.4 Å². The fourth-order valence-corrected chi connectivity index (χ4v) is 7.32. The number of carbonyl (C=O) groups is 1. The van der Waals surface area contributed by atoms with E-state index >= 15 is 0 Å². The highest BCUT2D eigenvalue weighted by atomic mass is 32.2. The van der Waals surface area contributed by atoms with Crippen LogP contribution in [0.1, 0.15) is 22.2 Å². The van der Waals surface area contributed by atoms with Crippen molar-refractivity contribution in [3.8, 4) is 0 Å². The lowest BCUT2D eigenvalue weighted by Gasteiger charge is -2.40. The van der Waals surface area contributed by atoms with Gasteiger partial charge in [-0.3, -0.25) is 0 Å². The number of anilines is 1. The molecule has 6 nitrogen and oxygen atoms in total. The van der Waals surface area contributed by atoms with E-state index in [4.69, 9.17) is 4.74 Å². The average Bonchev–Trinajstić information content (AvgIpc) is 3.15. The van der Waals surface area contributed by atoms with Gasteiger partial charge in [0.1, 0.15) is 15.6 Å². The number of aryl methyl sites for hydroxylation is 1. The number of hydrogen-bond acceptors (Lipinski definition) is 6. The number of hydrogen-bond donors (Lipinski definition) is 0. The molecule has 1 aliphatic heterocycles. The molecule has 0 aliphatic carbocycles. The monoisotopic (exact) mass is 462 g/mol. The van der Waals surface area contributed by atoms with Crippen molar-refractivity contribution >= 4 is 43.1 Å². The number of ether oxygens (including phenoxy) is 1. The van der Waals surface area contributed by atoms with E-state index in [2.05, 4.69) is 11.0 Å². The second kappa shape index (κ2) is 8.22. The summed E-state index contributed by atoms with van der Waals surface area (Å²) in [6.45, 7) is 4.91. The van der Waals surface area contributed by atoms with Crippen LogP contribution in [0.3, 0.4) is 0 Å². The standard InChI is InChI=1S/C22H23FN2O4S2/c1-14-6-4-7-16(12-14)25-11-10-24(13-15(25)2)31(27,28)21-19-17(23)8-5-9-18(19)30-20(21)22(26)29-3/h4-9,12,15H,10-11,13H2,1-3H3/t15-/m1/s1. The minimum atomic E-state index is -4.12. The molecule has 1 aromatic heterocycles. The van der Waals surface area contributed by atoms with Gasteiger partial charge >= 0.3 is 5.97 Å². The Morgan fingerprint density at radius 3 is 2.61 bits per heavy atom. The van der Waals surface area contributed by atoms with Crippen LogP contribution in [-0.4, -0.2) is 51.5 Å². The number of sulfonamides is 1. The van der Waals surface area contributed by atoms with Crippen LogP contribution in [0.5, 0.6) is 0 Å². The zero-order valence-corrected chi connectivity index (χ0v) is 19.1. The van der Waals surface area contributed by atoms with Crippen LogP contribution >= 0.6 is 11.3 Å². The van der Waals surface area contributed by atoms with E-state index in [1.54, 1.807) is 6.07 Å². The van der Waals surface area contributed by atoms with E-state index in [1.807, 2.05) is 32.0 Å². The molecular formula is C22H23FN2O4S2. The van der Waals surface area contributed by atoms with Gasteiger partial charge in [0.2, 0.25) is 10.0 Å². The Balaban J connectivity index is 1.73. The van der Waals surface area contributed by atoms with Gasteiger partial charge < -0.3 is 9.64 Å². The highest BCUT2D eigenvalue weighted by molar-refractivity contribution is 7.89. The first-order valence-electron chi connectivity index (χ1n) is 9.87. The minimum absolute atomic E-state index is 0.0540. The number of thiophene rings is 1. The first-order chi connectivity index (χ1) is 14.7. The molecule has 2 heterocycles. The van der Waals surface area contributed by atoms with Gasteiger partial charge in [0.05, 0.1) is 7.11 Å². The Hall–Kier alpha value is -2.49. The third kappa shape index (κ3) is 3.81. The normalized spacial score (nSPS) is 17.8. The molecule has 9 heteroatoms. The summed E-state index contributed by atoms with van der Waals surface area (Å²) in [5.41, 5.74) is 2.16. The molecule has 1 saturated heterocycles. The van der Waals surface area contributed by atoms with Crippen molar-refractivity contribution in [2.75, 3.05) is 31.6 Å². The van der Waals surface area contributed by atoms with Crippen LogP contribution in [0.2, 0.25) is 0 Å². The van der Waals surface area contributed by atoms with Crippen LogP contribution < -0.4 is 4.90 Å². The number of carbonyl (C=O) groups excluding carboxylic acids is 1. The van der Waals surface area contributed by atoms with Gasteiger partial charge in [0, 0.05) is 41.4 Å². The molecule has 0 unspecified atom stereocenters. The van der Waals surface area contributed by atoms with E-state index in [-0.39, 0.29) is 34.3 Å². The summed E-state index contributed by atoms with van der Waals surface area (Å²) >= 11 is 0.931. The summed E-state index contributed by atoms with van der Waals surface area (Å²) in [4.78, 5) is 14.1. The number of esters is 1. The average molecular weight is 463 g/mol. The molecule has 1 atom stereocenters. The molecule has 0 saturated carbocycles. The summed E-state index contributed by atoms with van der Waals surface area (Å²) in [6, 6.07) is 12.3. The van der Waals surface area contributed by atoms with Crippen LogP contribution in [0, 0.1) is 12.7 Å². The Morgan fingerprint density at radius 2 is 1.94 bits per heavy atom. The zero-order valence-electron chi connectivity index (χ0n) is 17.5. The summed E-state index contributed by atoms with van der Waals surface area (Å²) < 4.78 is 48.5. The molecule has 31 heavy (non-hydrogen) atoms. The highest BCUT2D eigenvalue weighted by Gasteiger charge is 2.38. The van der Waals surface area contributed by atoms with Crippen LogP contribution in [0.25, 0.3) is 10.1 Å². The molecule has 4 rings (SSSR count). The molecule has 1 fully saturated rings. The second-order valence-electron chi connectivity index (χ2n) is 7.61. The van der Waals surface area contributed by atoms with Crippen molar-refractivity contribution in [1.82, 2.24) is 4.31 Å². The number of nitrogens with zero attached hydrogens (tertiary/aromatic N) is 2. The molecule has 1 aliphatic rings. The van der Waals surface area contributed by atoms with Gasteiger partial charge in [-0.1, -0.05) is 18.2 Å². The number of methoxy groups -OCH3 is 1. The van der Waals surface area contributed by atoms with Crippen molar-refractivity contribution in [1.29, 1.82) is 0 Å². The van der Waals surface area contributed by atoms with E-state index in [9.17, 15) is 17.6 Å². The summed E-state index contributed by atoms with van der Waals surface area (Å²) in [7, 11) is -2.94. The van der Waals surface area contributed by atoms with Gasteiger partial charge in [0.15, 0.2) is 0 Å². The number of halogens is 1. The molecule has 0 radical (unpaired) electrons. The van der Waals surface area contributed by atoms with E-state index in [1.165, 1.54) is 23.5 Å². The van der Waals surface area contributed by atoms with Gasteiger partial charge in [-0.15, -0.1) is 11.3 Å². The third-order valence-electron chi connectivity index (χ3n) is 5.51. The Bertz CT molecular complexity index is 1260. The van der Waals surface area contributed by atoms with Gasteiger partial charge in [0.25, 0.3) is 0 Å². The fraction of sp³-hybridized carbons (Fsp3) is 0.318. The lowest BCUT2D eigenvalue weighted by molar-refractivity contribution is 0.0602. The minimum Gasteiger partial charge on any atom is -0.465 e. The van der Waals surface area contributed by atoms with Crippen molar-refractivity contribution in [2.24, 2.45) is 0 Å². The predicted molar refractivity (Wildman–Crippen MR) is 120 cm³/mol. The van der Waals surface area contributed by atoms with Crippen LogP contribution in [-0.2, 0) is 14.8 Å². The molecule has 0 N–H and O–H groups in total. The lowest BCUT2D eigenvalue weighted by Crippen LogP contribution is -2.53. The molecule has 0 bridgehead atoms. The maximum Gasteiger partial charge on any atom is 0.349 e. The predicted octanol–water partition coefficient (Wildman–Crippen LogP) is 4.03. The van der Waals surface area contributed by atoms with E-state index < -0.39 is 21.8 Å². The summed E-state index contributed by atoms with van der Waals surface area (Å²) in [6.07, 6.45) is 0. The second-order valence-corrected chi connectivity index (χ2v) is 10.5. The Labute approximate surface area is 184 Å². The maximum atomic E-state index is 14.7. The van der Waals surface area contributed by atoms with Crippen molar-refractivity contribution < 1.29 is 22.3 Å². The SMILES string of the molecule is COC(=O)c1sc2cccc(F)c2c1S(=O)(=O)N1CCN(c2cccc(C)c2)[C@H](C)C1. The van der Waals surface area contributed by atoms with Crippen molar-refractivity contribution in [2.45, 2.75) is 24.8 Å². The smallest absolute Gasteiger partial charge is 0.349 e. The number of benzene rings is 2. The highest BCUT2D eigenvalue weighted by Crippen LogP contribution is 2.39. The fourth-order valence-electron chi connectivity index (χ4n) is 4.01. The molecule has 0 spiro atoms. The van der Waals surface area contributed by atoms with Crippen molar-refractivity contribution in [3.05, 3.63) is 58.7 Å². The van der Waals surface area contributed by atoms with Crippen molar-refractivity contribution in [3.63, 3.8) is 0 Å². The van der Waals surface area contributed by atoms with Gasteiger partial charge in [-0.2, -0.15) is 4.31 Å². The maximum absolute atomic E-state index is 14.7. The molecule has 0 amide bonds. The Kier molecular flexibility index (Phi) is 5.76. The number of rotatable bonds is 4. The molecule has 2 aromatic carbocycles.